The molecule has 6 rings (SSSR count). The third kappa shape index (κ3) is 5.38. The third-order valence-corrected chi connectivity index (χ3v) is 7.85. The fraction of sp³-hybridized carbons (Fsp3) is 0.448. The number of anilines is 4. The minimum Gasteiger partial charge on any atom is -0.478 e. The Morgan fingerprint density at radius 3 is 2.53 bits per heavy atom. The number of hydrogen-bond acceptors (Lipinski definition) is 9. The van der Waals surface area contributed by atoms with Crippen LogP contribution < -0.4 is 21.1 Å². The molecule has 4 aliphatic rings. The highest BCUT2D eigenvalue weighted by Gasteiger charge is 2.51. The number of nitriles is 2. The van der Waals surface area contributed by atoms with Crippen molar-refractivity contribution < 1.29 is 14.3 Å². The predicted molar refractivity (Wildman–Crippen MR) is 144 cm³/mol. The fourth-order valence-electron chi connectivity index (χ4n) is 6.83. The first-order valence-electron chi connectivity index (χ1n) is 13.1. The Morgan fingerprint density at radius 2 is 1.89 bits per heavy atom. The molecule has 196 valence electrons. The summed E-state index contributed by atoms with van der Waals surface area (Å²) in [6.07, 6.45) is 10.2. The van der Waals surface area contributed by atoms with Crippen molar-refractivity contribution in [1.29, 1.82) is 10.5 Å². The third-order valence-electron chi connectivity index (χ3n) is 7.85. The number of carbonyl (C=O) groups is 1. The lowest BCUT2D eigenvalue weighted by Crippen LogP contribution is -2.55. The topological polar surface area (TPSA) is 146 Å². The van der Waals surface area contributed by atoms with Crippen LogP contribution >= 0.6 is 0 Å². The van der Waals surface area contributed by atoms with Crippen LogP contribution in [0.15, 0.2) is 30.3 Å². The molecule has 4 fully saturated rings. The van der Waals surface area contributed by atoms with Crippen LogP contribution in [0.1, 0.15) is 56.6 Å². The van der Waals surface area contributed by atoms with Gasteiger partial charge < -0.3 is 25.8 Å². The molecule has 4 aliphatic carbocycles. The predicted octanol–water partition coefficient (Wildman–Crippen LogP) is 5.14. The first-order valence-corrected chi connectivity index (χ1v) is 13.1. The Morgan fingerprint density at radius 1 is 1.18 bits per heavy atom. The smallest absolute Gasteiger partial charge is 0.330 e. The van der Waals surface area contributed by atoms with Crippen molar-refractivity contribution in [3.05, 3.63) is 41.5 Å². The second-order valence-electron chi connectivity index (χ2n) is 10.7. The molecule has 1 aromatic carbocycles. The lowest BCUT2D eigenvalue weighted by atomic mass is 9.53. The van der Waals surface area contributed by atoms with E-state index in [4.69, 9.17) is 25.5 Å². The van der Waals surface area contributed by atoms with E-state index in [0.717, 1.165) is 37.0 Å². The van der Waals surface area contributed by atoms with Crippen LogP contribution in [0.3, 0.4) is 0 Å². The molecule has 0 aliphatic heterocycles. The summed E-state index contributed by atoms with van der Waals surface area (Å²) in [5.41, 5.74) is 8.28. The first-order chi connectivity index (χ1) is 18.4. The van der Waals surface area contributed by atoms with E-state index in [1.165, 1.54) is 25.3 Å². The number of nitrogens with zero attached hydrogens (tertiary/aromatic N) is 3. The lowest BCUT2D eigenvalue weighted by Gasteiger charge is -2.57. The van der Waals surface area contributed by atoms with E-state index >= 15 is 0 Å². The molecule has 2 aromatic rings. The molecule has 0 atom stereocenters. The van der Waals surface area contributed by atoms with Crippen molar-refractivity contribution in [2.75, 3.05) is 29.6 Å². The molecular formula is C29H32N6O3. The Bertz CT molecular complexity index is 1300. The number of rotatable bonds is 9. The van der Waals surface area contributed by atoms with Gasteiger partial charge in [-0.2, -0.15) is 10.5 Å². The number of nitrogen functional groups attached to an aromatic ring is 1. The van der Waals surface area contributed by atoms with Gasteiger partial charge in [-0.05, 0) is 81.4 Å². The summed E-state index contributed by atoms with van der Waals surface area (Å²) in [5, 5.41) is 25.8. The average Bonchev–Trinajstić information content (AvgIpc) is 2.86. The van der Waals surface area contributed by atoms with Gasteiger partial charge in [0.05, 0.1) is 12.3 Å². The van der Waals surface area contributed by atoms with Crippen LogP contribution in [0, 0.1) is 40.4 Å². The highest BCUT2D eigenvalue weighted by Crippen LogP contribution is 2.56. The van der Waals surface area contributed by atoms with Gasteiger partial charge in [-0.25, -0.2) is 9.78 Å². The van der Waals surface area contributed by atoms with E-state index in [1.807, 2.05) is 12.1 Å². The lowest BCUT2D eigenvalue weighted by molar-refractivity contribution is -0.137. The highest BCUT2D eigenvalue weighted by molar-refractivity contribution is 5.88. The zero-order chi connectivity index (χ0) is 26.7. The van der Waals surface area contributed by atoms with Gasteiger partial charge in [0.2, 0.25) is 0 Å². The molecule has 38 heavy (non-hydrogen) atoms. The maximum atomic E-state index is 11.7. The normalized spacial score (nSPS) is 25.0. The fourth-order valence-corrected chi connectivity index (χ4v) is 6.83. The number of esters is 1. The van der Waals surface area contributed by atoms with E-state index in [9.17, 15) is 10.1 Å². The van der Waals surface area contributed by atoms with Crippen LogP contribution in [0.4, 0.5) is 23.0 Å². The molecule has 0 unspecified atom stereocenters. The van der Waals surface area contributed by atoms with Gasteiger partial charge in [-0.1, -0.05) is 0 Å². The Kier molecular flexibility index (Phi) is 7.11. The van der Waals surface area contributed by atoms with Crippen molar-refractivity contribution >= 4 is 35.1 Å². The number of ether oxygens (including phenoxy) is 2. The number of carbonyl (C=O) groups excluding carboxylic acids is 1. The number of pyridine rings is 1. The SMILES string of the molecule is CCOC(=O)/C=C/c1ccc(Nc2cc(N)c(C#N)c(NC34CC5CC(CC(C5)C3)C4)n2)cc1OCC#N. The van der Waals surface area contributed by atoms with Crippen molar-refractivity contribution in [2.45, 2.75) is 51.0 Å². The second kappa shape index (κ2) is 10.6. The zero-order valence-corrected chi connectivity index (χ0v) is 21.5. The zero-order valence-electron chi connectivity index (χ0n) is 21.5. The monoisotopic (exact) mass is 512 g/mol. The van der Waals surface area contributed by atoms with Crippen LogP contribution in [0.5, 0.6) is 5.75 Å². The summed E-state index contributed by atoms with van der Waals surface area (Å²) in [4.78, 5) is 16.5. The van der Waals surface area contributed by atoms with Gasteiger partial charge in [-0.3, -0.25) is 0 Å². The van der Waals surface area contributed by atoms with Crippen molar-refractivity contribution in [3.63, 3.8) is 0 Å². The van der Waals surface area contributed by atoms with Gasteiger partial charge in [0, 0.05) is 35.0 Å². The maximum absolute atomic E-state index is 11.7. The standard InChI is InChI=1S/C29H32N6O3/c1-2-37-27(36)6-4-21-3-5-22(12-25(21)38-8-7-30)33-26-13-24(32)23(17-31)28(34-26)35-29-14-18-9-19(15-29)11-20(10-18)16-29/h3-6,12-13,18-20H,2,8-11,14-16H2,1H3,(H4,32,33,34,35)/b6-4+. The number of aromatic nitrogens is 1. The molecule has 0 saturated heterocycles. The minimum atomic E-state index is -0.461. The molecule has 0 amide bonds. The summed E-state index contributed by atoms with van der Waals surface area (Å²) in [6, 6.07) is 11.2. The van der Waals surface area contributed by atoms with Gasteiger partial charge in [-0.15, -0.1) is 0 Å². The van der Waals surface area contributed by atoms with Gasteiger partial charge >= 0.3 is 5.97 Å². The van der Waals surface area contributed by atoms with E-state index in [-0.39, 0.29) is 18.8 Å². The average molecular weight is 513 g/mol. The molecular weight excluding hydrogens is 480 g/mol. The van der Waals surface area contributed by atoms with Crippen LogP contribution in [-0.2, 0) is 9.53 Å². The molecule has 0 radical (unpaired) electrons. The molecule has 0 spiro atoms. The first kappa shape index (κ1) is 25.4. The van der Waals surface area contributed by atoms with Crippen LogP contribution in [0.2, 0.25) is 0 Å². The van der Waals surface area contributed by atoms with Gasteiger partial charge in [0.1, 0.15) is 35.1 Å². The van der Waals surface area contributed by atoms with Crippen LogP contribution in [-0.4, -0.2) is 29.7 Å². The molecule has 4 saturated carbocycles. The Balaban J connectivity index is 1.40. The van der Waals surface area contributed by atoms with E-state index < -0.39 is 5.97 Å². The summed E-state index contributed by atoms with van der Waals surface area (Å²) >= 11 is 0. The maximum Gasteiger partial charge on any atom is 0.330 e. The number of nitrogens with two attached hydrogens (primary N) is 1. The van der Waals surface area contributed by atoms with Gasteiger partial charge in [0.25, 0.3) is 0 Å². The summed E-state index contributed by atoms with van der Waals surface area (Å²) < 4.78 is 10.5. The summed E-state index contributed by atoms with van der Waals surface area (Å²) in [5.74, 6) is 3.23. The molecule has 1 heterocycles. The van der Waals surface area contributed by atoms with Crippen molar-refractivity contribution in [3.8, 4) is 17.9 Å². The van der Waals surface area contributed by atoms with Crippen molar-refractivity contribution in [2.24, 2.45) is 17.8 Å². The van der Waals surface area contributed by atoms with Gasteiger partial charge in [0.15, 0.2) is 6.61 Å². The second-order valence-corrected chi connectivity index (χ2v) is 10.7. The number of nitrogens with one attached hydrogen (secondary N) is 2. The molecule has 4 N–H and O–H groups in total. The molecule has 4 bridgehead atoms. The number of benzene rings is 1. The Hall–Kier alpha value is -4.24. The molecule has 9 heteroatoms. The van der Waals surface area contributed by atoms with E-state index in [2.05, 4.69) is 16.7 Å². The summed E-state index contributed by atoms with van der Waals surface area (Å²) in [6.45, 7) is 1.87. The largest absolute Gasteiger partial charge is 0.478 e. The van der Waals surface area contributed by atoms with Crippen molar-refractivity contribution in [1.82, 2.24) is 4.98 Å². The minimum absolute atomic E-state index is 0.0242. The van der Waals surface area contributed by atoms with E-state index in [1.54, 1.807) is 31.2 Å². The van der Waals surface area contributed by atoms with E-state index in [0.29, 0.717) is 39.9 Å². The summed E-state index contributed by atoms with van der Waals surface area (Å²) in [7, 11) is 0. The molecule has 1 aromatic heterocycles. The highest BCUT2D eigenvalue weighted by atomic mass is 16.5. The molecule has 9 nitrogen and oxygen atoms in total. The number of hydrogen-bond donors (Lipinski definition) is 3. The quantitative estimate of drug-likeness (QED) is 0.307. The Labute approximate surface area is 222 Å². The van der Waals surface area contributed by atoms with Crippen LogP contribution in [0.25, 0.3) is 6.08 Å².